The summed E-state index contributed by atoms with van der Waals surface area (Å²) in [6.07, 6.45) is 0. The number of benzene rings is 1. The van der Waals surface area contributed by atoms with E-state index in [0.29, 0.717) is 10.5 Å². The van der Waals surface area contributed by atoms with Crippen LogP contribution in [0.25, 0.3) is 0 Å². The number of thiol groups is 1. The Kier molecular flexibility index (Phi) is 5.02. The van der Waals surface area contributed by atoms with Crippen LogP contribution in [0.15, 0.2) is 23.1 Å². The third-order valence-electron chi connectivity index (χ3n) is 1.67. The Morgan fingerprint density at radius 1 is 1.36 bits per heavy atom. The summed E-state index contributed by atoms with van der Waals surface area (Å²) in [5.74, 6) is -0.677. The van der Waals surface area contributed by atoms with Gasteiger partial charge in [0.15, 0.2) is 5.78 Å². The van der Waals surface area contributed by atoms with Gasteiger partial charge in [0.2, 0.25) is 5.91 Å². The maximum atomic E-state index is 11.0. The fourth-order valence-corrected chi connectivity index (χ4v) is 1.20. The second-order valence-electron chi connectivity index (χ2n) is 2.65. The van der Waals surface area contributed by atoms with E-state index in [1.54, 1.807) is 12.1 Å². The van der Waals surface area contributed by atoms with Crippen LogP contribution in [-0.2, 0) is 19.5 Å². The molecule has 0 saturated heterocycles. The fraction of sp³-hybridized carbons (Fsp3) is 0.111. The van der Waals surface area contributed by atoms with Crippen LogP contribution in [0.3, 0.4) is 0 Å². The first-order chi connectivity index (χ1) is 6.02. The van der Waals surface area contributed by atoms with Gasteiger partial charge < -0.3 is 5.73 Å². The van der Waals surface area contributed by atoms with Gasteiger partial charge in [0.25, 0.3) is 0 Å². The molecule has 68 valence electrons. The predicted molar refractivity (Wildman–Crippen MR) is 52.2 cm³/mol. The molecule has 2 N–H and O–H groups in total. The van der Waals surface area contributed by atoms with E-state index in [1.165, 1.54) is 13.0 Å². The van der Waals surface area contributed by atoms with Crippen LogP contribution in [0.2, 0.25) is 0 Å². The van der Waals surface area contributed by atoms with Crippen LogP contribution in [-0.4, -0.2) is 11.7 Å². The van der Waals surface area contributed by atoms with Crippen LogP contribution < -0.4 is 5.73 Å². The van der Waals surface area contributed by atoms with Gasteiger partial charge in [-0.1, -0.05) is 6.07 Å². The monoisotopic (exact) mass is 259 g/mol. The minimum absolute atomic E-state index is 0. The molecule has 0 radical (unpaired) electrons. The second-order valence-corrected chi connectivity index (χ2v) is 3.13. The molecular formula is C9H9NO2SZn+2. The Balaban J connectivity index is 0.00000169. The van der Waals surface area contributed by atoms with Crippen molar-refractivity contribution in [2.45, 2.75) is 11.8 Å². The number of primary amides is 1. The number of hydrogen-bond donors (Lipinski definition) is 2. The molecule has 1 aromatic rings. The molecule has 0 aliphatic rings. The Labute approximate surface area is 100 Å². The molecule has 0 unspecified atom stereocenters. The van der Waals surface area contributed by atoms with Crippen molar-refractivity contribution >= 4 is 24.3 Å². The summed E-state index contributed by atoms with van der Waals surface area (Å²) in [5.41, 5.74) is 5.82. The quantitative estimate of drug-likeness (QED) is 0.478. The van der Waals surface area contributed by atoms with Crippen molar-refractivity contribution < 1.29 is 29.1 Å². The molecule has 0 aliphatic carbocycles. The average molecular weight is 261 g/mol. The summed E-state index contributed by atoms with van der Waals surface area (Å²) in [7, 11) is 0. The van der Waals surface area contributed by atoms with Gasteiger partial charge in [-0.3, -0.25) is 9.59 Å². The largest absolute Gasteiger partial charge is 2.00 e. The number of hydrogen-bond acceptors (Lipinski definition) is 3. The molecule has 0 heterocycles. The molecule has 0 fully saturated rings. The molecule has 0 spiro atoms. The van der Waals surface area contributed by atoms with Crippen LogP contribution in [0.1, 0.15) is 27.6 Å². The van der Waals surface area contributed by atoms with Crippen molar-refractivity contribution in [2.24, 2.45) is 5.73 Å². The van der Waals surface area contributed by atoms with E-state index in [9.17, 15) is 9.59 Å². The first-order valence-electron chi connectivity index (χ1n) is 3.66. The molecule has 1 rings (SSSR count). The SMILES string of the molecule is CC(=O)c1ccc(S)c(C(N)=O)c1.[Zn+2]. The minimum Gasteiger partial charge on any atom is -0.366 e. The standard InChI is InChI=1S/C9H9NO2S.Zn/c1-5(11)6-2-3-8(13)7(4-6)9(10)12;/h2-4,13H,1H3,(H2,10,12);/q;+2. The van der Waals surface area contributed by atoms with Gasteiger partial charge >= 0.3 is 19.5 Å². The summed E-state index contributed by atoms with van der Waals surface area (Å²) in [6.45, 7) is 1.43. The molecule has 1 aromatic carbocycles. The predicted octanol–water partition coefficient (Wildman–Crippen LogP) is 1.27. The summed E-state index contributed by atoms with van der Waals surface area (Å²) >= 11 is 4.04. The van der Waals surface area contributed by atoms with E-state index in [1.807, 2.05) is 0 Å². The maximum absolute atomic E-state index is 11.0. The Bertz CT molecular complexity index is 379. The number of amides is 1. The number of rotatable bonds is 2. The van der Waals surface area contributed by atoms with E-state index >= 15 is 0 Å². The van der Waals surface area contributed by atoms with E-state index in [0.717, 1.165) is 0 Å². The number of Topliss-reactive ketones (excluding diaryl/α,β-unsaturated/α-hetero) is 1. The molecule has 1 amide bonds. The topological polar surface area (TPSA) is 60.2 Å². The van der Waals surface area contributed by atoms with Crippen molar-refractivity contribution in [2.75, 3.05) is 0 Å². The van der Waals surface area contributed by atoms with Gasteiger partial charge in [0, 0.05) is 10.5 Å². The fourth-order valence-electron chi connectivity index (χ4n) is 0.952. The number of carbonyl (C=O) groups excluding carboxylic acids is 2. The summed E-state index contributed by atoms with van der Waals surface area (Å²) in [4.78, 5) is 22.3. The summed E-state index contributed by atoms with van der Waals surface area (Å²) in [5, 5.41) is 0. The third-order valence-corrected chi connectivity index (χ3v) is 2.06. The van der Waals surface area contributed by atoms with E-state index in [2.05, 4.69) is 12.6 Å². The molecule has 14 heavy (non-hydrogen) atoms. The average Bonchev–Trinajstić information content (AvgIpc) is 2.04. The Hall–Kier alpha value is -0.667. The molecule has 0 saturated carbocycles. The van der Waals surface area contributed by atoms with Gasteiger partial charge in [0.05, 0.1) is 5.56 Å². The summed E-state index contributed by atoms with van der Waals surface area (Å²) < 4.78 is 0. The van der Waals surface area contributed by atoms with Crippen molar-refractivity contribution in [3.63, 3.8) is 0 Å². The molecule has 0 bridgehead atoms. The van der Waals surface area contributed by atoms with Crippen LogP contribution in [0, 0.1) is 0 Å². The van der Waals surface area contributed by atoms with Gasteiger partial charge in [-0.25, -0.2) is 0 Å². The van der Waals surface area contributed by atoms with Crippen molar-refractivity contribution in [3.05, 3.63) is 29.3 Å². The Morgan fingerprint density at radius 3 is 2.36 bits per heavy atom. The van der Waals surface area contributed by atoms with Gasteiger partial charge in [-0.05, 0) is 19.1 Å². The Morgan fingerprint density at radius 2 is 1.93 bits per heavy atom. The van der Waals surface area contributed by atoms with Crippen molar-refractivity contribution in [1.29, 1.82) is 0 Å². The zero-order valence-electron chi connectivity index (χ0n) is 7.78. The number of ketones is 1. The molecule has 5 heteroatoms. The van der Waals surface area contributed by atoms with Gasteiger partial charge in [-0.2, -0.15) is 0 Å². The number of nitrogens with two attached hydrogens (primary N) is 1. The zero-order chi connectivity index (χ0) is 10.0. The normalized spacial score (nSPS) is 9.00. The molecule has 0 aliphatic heterocycles. The molecule has 0 atom stereocenters. The van der Waals surface area contributed by atoms with Crippen LogP contribution >= 0.6 is 12.6 Å². The van der Waals surface area contributed by atoms with Crippen LogP contribution in [0.4, 0.5) is 0 Å². The minimum atomic E-state index is -0.576. The smallest absolute Gasteiger partial charge is 0.366 e. The zero-order valence-corrected chi connectivity index (χ0v) is 11.6. The molecule has 3 nitrogen and oxygen atoms in total. The van der Waals surface area contributed by atoms with Gasteiger partial charge in [-0.15, -0.1) is 12.6 Å². The van der Waals surface area contributed by atoms with E-state index in [4.69, 9.17) is 5.73 Å². The molecule has 0 aromatic heterocycles. The summed E-state index contributed by atoms with van der Waals surface area (Å²) in [6, 6.07) is 4.64. The maximum Gasteiger partial charge on any atom is 2.00 e. The van der Waals surface area contributed by atoms with Crippen LogP contribution in [0.5, 0.6) is 0 Å². The van der Waals surface area contributed by atoms with Gasteiger partial charge in [0.1, 0.15) is 0 Å². The number of carbonyl (C=O) groups is 2. The second kappa shape index (κ2) is 5.27. The molecular weight excluding hydrogens is 252 g/mol. The van der Waals surface area contributed by atoms with Crippen molar-refractivity contribution in [1.82, 2.24) is 0 Å². The van der Waals surface area contributed by atoms with Crippen molar-refractivity contribution in [3.8, 4) is 0 Å². The third kappa shape index (κ3) is 2.93. The first kappa shape index (κ1) is 13.3. The first-order valence-corrected chi connectivity index (χ1v) is 4.11. The van der Waals surface area contributed by atoms with E-state index in [-0.39, 0.29) is 30.8 Å². The van der Waals surface area contributed by atoms with E-state index < -0.39 is 5.91 Å².